The van der Waals surface area contributed by atoms with Crippen molar-refractivity contribution in [3.8, 4) is 0 Å². The monoisotopic (exact) mass is 381 g/mol. The van der Waals surface area contributed by atoms with E-state index in [4.69, 9.17) is 23.2 Å². The Kier molecular flexibility index (Phi) is 5.81. The molecule has 1 aromatic heterocycles. The van der Waals surface area contributed by atoms with E-state index in [0.29, 0.717) is 28.8 Å². The number of halogens is 2. The summed E-state index contributed by atoms with van der Waals surface area (Å²) < 4.78 is 2.13. The summed E-state index contributed by atoms with van der Waals surface area (Å²) in [5, 5.41) is 12.4. The summed E-state index contributed by atoms with van der Waals surface area (Å²) in [5.41, 5.74) is 0.600. The van der Waals surface area contributed by atoms with Crippen molar-refractivity contribution in [1.29, 1.82) is 0 Å². The molecule has 0 saturated carbocycles. The third kappa shape index (κ3) is 4.07. The molecule has 0 spiro atoms. The zero-order valence-electron chi connectivity index (χ0n) is 14.1. The number of anilines is 1. The van der Waals surface area contributed by atoms with Crippen LogP contribution in [0.1, 0.15) is 37.8 Å². The van der Waals surface area contributed by atoms with Crippen LogP contribution in [-0.2, 0) is 19.5 Å². The predicted molar refractivity (Wildman–Crippen MR) is 99.3 cm³/mol. The van der Waals surface area contributed by atoms with E-state index in [0.717, 1.165) is 37.5 Å². The molecule has 1 aliphatic rings. The van der Waals surface area contributed by atoms with Gasteiger partial charge in [-0.1, -0.05) is 29.6 Å². The molecule has 0 saturated heterocycles. The smallest absolute Gasteiger partial charge is 0.322 e. The molecule has 6 nitrogen and oxygen atoms in total. The number of hydrogen-bond acceptors (Lipinski definition) is 3. The van der Waals surface area contributed by atoms with Gasteiger partial charge in [0.25, 0.3) is 0 Å². The fourth-order valence-electron chi connectivity index (χ4n) is 3.02. The Labute approximate surface area is 157 Å². The van der Waals surface area contributed by atoms with Gasteiger partial charge in [-0.15, -0.1) is 10.2 Å². The highest BCUT2D eigenvalue weighted by Gasteiger charge is 2.23. The van der Waals surface area contributed by atoms with Crippen LogP contribution in [-0.4, -0.2) is 27.3 Å². The molecule has 2 aromatic rings. The molecule has 0 radical (unpaired) electrons. The van der Waals surface area contributed by atoms with Crippen LogP contribution in [0.5, 0.6) is 0 Å². The molecule has 1 aliphatic heterocycles. The molecule has 0 fully saturated rings. The highest BCUT2D eigenvalue weighted by Crippen LogP contribution is 2.30. The molecule has 1 aromatic carbocycles. The number of rotatable bonds is 4. The van der Waals surface area contributed by atoms with Crippen LogP contribution < -0.4 is 10.2 Å². The largest absolute Gasteiger partial charge is 0.338 e. The van der Waals surface area contributed by atoms with E-state index in [1.165, 1.54) is 6.42 Å². The van der Waals surface area contributed by atoms with Gasteiger partial charge < -0.3 is 9.88 Å². The number of carbonyl (C=O) groups is 1. The lowest BCUT2D eigenvalue weighted by atomic mass is 10.2. The topological polar surface area (TPSA) is 63.1 Å². The van der Waals surface area contributed by atoms with Crippen molar-refractivity contribution in [2.24, 2.45) is 0 Å². The highest BCUT2D eigenvalue weighted by atomic mass is 35.5. The summed E-state index contributed by atoms with van der Waals surface area (Å²) in [5.74, 6) is 1.76. The molecule has 0 unspecified atom stereocenters. The lowest BCUT2D eigenvalue weighted by molar-refractivity contribution is 0.246. The van der Waals surface area contributed by atoms with Gasteiger partial charge in [0.2, 0.25) is 0 Å². The van der Waals surface area contributed by atoms with E-state index in [2.05, 4.69) is 20.1 Å². The van der Waals surface area contributed by atoms with Gasteiger partial charge in [0, 0.05) is 24.5 Å². The summed E-state index contributed by atoms with van der Waals surface area (Å²) in [4.78, 5) is 14.2. The second-order valence-corrected chi connectivity index (χ2v) is 6.86. The van der Waals surface area contributed by atoms with E-state index in [1.54, 1.807) is 23.1 Å². The van der Waals surface area contributed by atoms with Gasteiger partial charge in [0.05, 0.1) is 17.3 Å². The van der Waals surface area contributed by atoms with Crippen LogP contribution in [0, 0.1) is 0 Å². The van der Waals surface area contributed by atoms with Crippen molar-refractivity contribution in [1.82, 2.24) is 20.1 Å². The van der Waals surface area contributed by atoms with Crippen LogP contribution >= 0.6 is 23.2 Å². The van der Waals surface area contributed by atoms with Crippen LogP contribution in [0.4, 0.5) is 10.5 Å². The predicted octanol–water partition coefficient (Wildman–Crippen LogP) is 4.05. The maximum atomic E-state index is 12.6. The first-order valence-electron chi connectivity index (χ1n) is 8.51. The van der Waals surface area contributed by atoms with E-state index in [1.807, 2.05) is 6.92 Å². The van der Waals surface area contributed by atoms with Crippen LogP contribution in [0.2, 0.25) is 10.0 Å². The average molecular weight is 382 g/mol. The lowest BCUT2D eigenvalue weighted by Gasteiger charge is -2.24. The molecule has 0 aliphatic carbocycles. The molecule has 2 heterocycles. The lowest BCUT2D eigenvalue weighted by Crippen LogP contribution is -2.40. The fraction of sp³-hybridized carbons (Fsp3) is 0.471. The van der Waals surface area contributed by atoms with Gasteiger partial charge in [0.15, 0.2) is 5.82 Å². The summed E-state index contributed by atoms with van der Waals surface area (Å²) in [6.07, 6.45) is 4.34. The zero-order valence-corrected chi connectivity index (χ0v) is 15.6. The number of nitrogens with one attached hydrogen (secondary N) is 1. The van der Waals surface area contributed by atoms with Crippen LogP contribution in [0.25, 0.3) is 0 Å². The maximum Gasteiger partial charge on any atom is 0.322 e. The molecule has 0 bridgehead atoms. The Morgan fingerprint density at radius 3 is 2.88 bits per heavy atom. The van der Waals surface area contributed by atoms with E-state index in [-0.39, 0.29) is 6.03 Å². The number of amides is 2. The van der Waals surface area contributed by atoms with Crippen molar-refractivity contribution in [3.05, 3.63) is 39.9 Å². The summed E-state index contributed by atoms with van der Waals surface area (Å²) in [6.45, 7) is 3.59. The number of fused-ring (bicyclic) bond motifs is 1. The number of hydrogen-bond donors (Lipinski definition) is 1. The Balaban J connectivity index is 1.93. The molecular weight excluding hydrogens is 361 g/mol. The van der Waals surface area contributed by atoms with E-state index < -0.39 is 0 Å². The van der Waals surface area contributed by atoms with Gasteiger partial charge in [-0.05, 0) is 38.0 Å². The number of aryl methyl sites for hydroxylation is 1. The normalized spacial score (nSPS) is 13.9. The van der Waals surface area contributed by atoms with Crippen molar-refractivity contribution in [2.45, 2.75) is 45.7 Å². The van der Waals surface area contributed by atoms with Crippen LogP contribution in [0.3, 0.4) is 0 Å². The number of benzene rings is 1. The van der Waals surface area contributed by atoms with E-state index in [9.17, 15) is 4.79 Å². The molecule has 8 heteroatoms. The summed E-state index contributed by atoms with van der Waals surface area (Å²) >= 11 is 12.3. The van der Waals surface area contributed by atoms with Crippen molar-refractivity contribution in [3.63, 3.8) is 0 Å². The third-order valence-corrected chi connectivity index (χ3v) is 4.80. The number of urea groups is 1. The highest BCUT2D eigenvalue weighted by molar-refractivity contribution is 6.36. The second-order valence-electron chi connectivity index (χ2n) is 6.01. The second kappa shape index (κ2) is 8.06. The van der Waals surface area contributed by atoms with E-state index >= 15 is 0 Å². The van der Waals surface area contributed by atoms with Gasteiger partial charge >= 0.3 is 6.03 Å². The van der Waals surface area contributed by atoms with Crippen molar-refractivity contribution < 1.29 is 4.79 Å². The summed E-state index contributed by atoms with van der Waals surface area (Å²) in [7, 11) is 0. The number of aromatic nitrogens is 3. The Morgan fingerprint density at radius 1 is 1.28 bits per heavy atom. The molecule has 25 heavy (non-hydrogen) atoms. The first kappa shape index (κ1) is 18.0. The Morgan fingerprint density at radius 2 is 2.12 bits per heavy atom. The minimum Gasteiger partial charge on any atom is -0.338 e. The van der Waals surface area contributed by atoms with Crippen molar-refractivity contribution >= 4 is 34.9 Å². The molecular formula is C17H21Cl2N5O. The Bertz CT molecular complexity index is 761. The molecule has 3 rings (SSSR count). The minimum absolute atomic E-state index is 0.224. The maximum absolute atomic E-state index is 12.6. The van der Waals surface area contributed by atoms with Crippen molar-refractivity contribution in [2.75, 3.05) is 11.4 Å². The third-order valence-electron chi connectivity index (χ3n) is 4.26. The standard InChI is InChI=1S/C17H21Cl2N5O/c1-2-20-17(25)24(14-8-7-12(18)10-13(14)19)11-16-22-21-15-6-4-3-5-9-23(15)16/h7-8,10H,2-6,9,11H2,1H3,(H,20,25). The van der Waals surface area contributed by atoms with Gasteiger partial charge in [-0.3, -0.25) is 4.90 Å². The van der Waals surface area contributed by atoms with Gasteiger partial charge in [-0.25, -0.2) is 4.79 Å². The molecule has 0 atom stereocenters. The van der Waals surface area contributed by atoms with Gasteiger partial charge in [0.1, 0.15) is 5.82 Å². The fourth-order valence-corrected chi connectivity index (χ4v) is 3.53. The Hall–Kier alpha value is -1.79. The zero-order chi connectivity index (χ0) is 17.8. The van der Waals surface area contributed by atoms with Gasteiger partial charge in [-0.2, -0.15) is 0 Å². The van der Waals surface area contributed by atoms with Crippen LogP contribution in [0.15, 0.2) is 18.2 Å². The first-order valence-corrected chi connectivity index (χ1v) is 9.27. The molecule has 2 amide bonds. The number of nitrogens with zero attached hydrogens (tertiary/aromatic N) is 4. The summed E-state index contributed by atoms with van der Waals surface area (Å²) in [6, 6.07) is 4.88. The average Bonchev–Trinajstić information content (AvgIpc) is 2.80. The first-order chi connectivity index (χ1) is 12.1. The molecule has 1 N–H and O–H groups in total. The quantitative estimate of drug-likeness (QED) is 0.868. The minimum atomic E-state index is -0.224. The molecule has 134 valence electrons. The SMILES string of the molecule is CCNC(=O)N(Cc1nnc2n1CCCCC2)c1ccc(Cl)cc1Cl. The number of carbonyl (C=O) groups excluding carboxylic acids is 1.